The Bertz CT molecular complexity index is 19.3. The van der Waals surface area contributed by atoms with E-state index in [0.29, 0.717) is 0 Å². The van der Waals surface area contributed by atoms with Crippen LogP contribution in [0, 0.1) is 0 Å². The van der Waals surface area contributed by atoms with E-state index in [2.05, 4.69) is 0 Å². The molecule has 0 amide bonds. The van der Waals surface area contributed by atoms with Gasteiger partial charge in [-0.25, -0.2) is 0 Å². The van der Waals surface area contributed by atoms with E-state index in [1.54, 1.807) is 0 Å². The zero-order valence-corrected chi connectivity index (χ0v) is 7.83. The van der Waals surface area contributed by atoms with Crippen molar-refractivity contribution in [2.75, 3.05) is 5.34 Å². The van der Waals surface area contributed by atoms with Gasteiger partial charge in [0.25, 0.3) is 0 Å². The topological polar surface area (TPSA) is 0 Å². The molecule has 0 aromatic rings. The van der Waals surface area contributed by atoms with Crippen molar-refractivity contribution in [2.24, 2.45) is 0 Å². The van der Waals surface area contributed by atoms with E-state index >= 15 is 0 Å². The molecule has 0 nitrogen and oxygen atoms in total. The van der Waals surface area contributed by atoms with Crippen molar-refractivity contribution in [1.82, 2.24) is 0 Å². The first kappa shape index (κ1) is 11.7. The molecule has 0 aliphatic rings. The van der Waals surface area contributed by atoms with Crippen LogP contribution in [-0.4, -0.2) is 5.34 Å². The zero-order valence-electron chi connectivity index (χ0n) is 2.95. The van der Waals surface area contributed by atoms with Crippen molar-refractivity contribution in [2.45, 2.75) is 0 Å². The Morgan fingerprint density at radius 1 is 1.00 bits per heavy atom. The van der Waals surface area contributed by atoms with Crippen LogP contribution in [0.25, 0.3) is 0 Å². The first-order valence-corrected chi connectivity index (χ1v) is 6.56. The Kier molecular flexibility index (Phi) is 18.2. The van der Waals surface area contributed by atoms with E-state index in [9.17, 15) is 0 Å². The van der Waals surface area contributed by atoms with Gasteiger partial charge in [-0.05, 0) is 0 Å². The summed E-state index contributed by atoms with van der Waals surface area (Å²) in [6.07, 6.45) is 0. The van der Waals surface area contributed by atoms with Crippen LogP contribution in [0.5, 0.6) is 0 Å². The van der Waals surface area contributed by atoms with Gasteiger partial charge >= 0.3 is 41.5 Å². The molecule has 0 aromatic carbocycles. The standard InChI is InChI=1S/CH2Cl2.3ClH.Fe/c2-1-3;;;;/h1H2;3*1H;/q;;;;+3/p-3. The fourth-order valence-corrected chi connectivity index (χ4v) is 0. The molecular weight excluding hydrogens is 245 g/mol. The molecule has 0 saturated carbocycles. The fraction of sp³-hybridized carbons (Fsp3) is 1.00. The number of alkyl halides is 2. The van der Waals surface area contributed by atoms with Crippen molar-refractivity contribution in [3.63, 3.8) is 0 Å². The minimum absolute atomic E-state index is 0.194. The summed E-state index contributed by atoms with van der Waals surface area (Å²) < 4.78 is 0. The number of hydrogen-bond donors (Lipinski definition) is 0. The second-order valence-electron chi connectivity index (χ2n) is 0.253. The summed E-state index contributed by atoms with van der Waals surface area (Å²) in [5.41, 5.74) is 0. The Morgan fingerprint density at radius 2 is 1.00 bits per heavy atom. The number of rotatable bonds is 0. The molecule has 0 aliphatic heterocycles. The van der Waals surface area contributed by atoms with Gasteiger partial charge in [0.1, 0.15) is 0 Å². The molecule has 0 atom stereocenters. The molecule has 0 rings (SSSR count). The summed E-state index contributed by atoms with van der Waals surface area (Å²) in [5, 5.41) is 0.194. The summed E-state index contributed by atoms with van der Waals surface area (Å²) in [6, 6.07) is 0. The van der Waals surface area contributed by atoms with Crippen LogP contribution < -0.4 is 0 Å². The van der Waals surface area contributed by atoms with Crippen molar-refractivity contribution >= 4 is 53.5 Å². The number of hydrogen-bond acceptors (Lipinski definition) is 0. The van der Waals surface area contributed by atoms with Gasteiger partial charge in [0.15, 0.2) is 0 Å². The summed E-state index contributed by atoms with van der Waals surface area (Å²) in [5.74, 6) is 0. The summed E-state index contributed by atoms with van der Waals surface area (Å²) >= 11 is 8.19. The van der Waals surface area contributed by atoms with E-state index in [-0.39, 0.29) is 5.34 Å². The monoisotopic (exact) mass is 245 g/mol. The molecule has 0 saturated heterocycles. The molecule has 6 heteroatoms. The van der Waals surface area contributed by atoms with Crippen LogP contribution >= 0.6 is 53.5 Å². The summed E-state index contributed by atoms with van der Waals surface area (Å²) in [6.45, 7) is 0. The van der Waals surface area contributed by atoms with Crippen LogP contribution in [0.2, 0.25) is 0 Å². The third kappa shape index (κ3) is 73.2. The van der Waals surface area contributed by atoms with E-state index in [1.807, 2.05) is 0 Å². The third-order valence-electron chi connectivity index (χ3n) is 0. The first-order chi connectivity index (χ1) is 3.15. The molecule has 0 fully saturated rings. The van der Waals surface area contributed by atoms with Crippen molar-refractivity contribution in [3.05, 3.63) is 0 Å². The number of halogens is 5. The predicted molar refractivity (Wildman–Crippen MR) is 34.1 cm³/mol. The van der Waals surface area contributed by atoms with Gasteiger partial charge < -0.3 is 0 Å². The average Bonchev–Trinajstić information content (AvgIpc) is 1.33. The van der Waals surface area contributed by atoms with Gasteiger partial charge in [0.05, 0.1) is 5.34 Å². The van der Waals surface area contributed by atoms with Crippen LogP contribution in [0.4, 0.5) is 0 Å². The van der Waals surface area contributed by atoms with E-state index in [4.69, 9.17) is 53.5 Å². The molecule has 0 radical (unpaired) electrons. The van der Waals surface area contributed by atoms with Crippen molar-refractivity contribution < 1.29 is 11.2 Å². The molecule has 7 heavy (non-hydrogen) atoms. The second-order valence-corrected chi connectivity index (χ2v) is 6.53. The van der Waals surface area contributed by atoms with Gasteiger partial charge in [-0.1, -0.05) is 0 Å². The molecule has 0 aromatic heterocycles. The molecule has 0 aliphatic carbocycles. The van der Waals surface area contributed by atoms with Crippen molar-refractivity contribution in [1.29, 1.82) is 0 Å². The van der Waals surface area contributed by atoms with Gasteiger partial charge in [0.2, 0.25) is 0 Å². The first-order valence-electron chi connectivity index (χ1n) is 0.935. The van der Waals surface area contributed by atoms with Gasteiger partial charge in [-0.15, -0.1) is 23.2 Å². The predicted octanol–water partition coefficient (Wildman–Crippen LogP) is 3.49. The minimum atomic E-state index is -1.33. The zero-order chi connectivity index (χ0) is 6.28. The molecule has 0 bridgehead atoms. The van der Waals surface area contributed by atoms with E-state index < -0.39 is 11.2 Å². The van der Waals surface area contributed by atoms with Crippen LogP contribution in [0.3, 0.4) is 0 Å². The Balaban J connectivity index is 0. The van der Waals surface area contributed by atoms with Gasteiger partial charge in [-0.3, -0.25) is 0 Å². The van der Waals surface area contributed by atoms with E-state index in [0.717, 1.165) is 0 Å². The SMILES string of the molecule is ClCCl.[Cl][Fe]([Cl])[Cl]. The molecule has 49 valence electrons. The Hall–Kier alpha value is 1.97. The third-order valence-corrected chi connectivity index (χ3v) is 0. The quantitative estimate of drug-likeness (QED) is 0.454. The van der Waals surface area contributed by atoms with Crippen molar-refractivity contribution in [3.8, 4) is 0 Å². The van der Waals surface area contributed by atoms with Crippen LogP contribution in [0.15, 0.2) is 0 Å². The van der Waals surface area contributed by atoms with Crippen LogP contribution in [-0.2, 0) is 11.2 Å². The maximum atomic E-state index is 4.89. The molecule has 0 N–H and O–H groups in total. The normalized spacial score (nSPS) is 9.00. The summed E-state index contributed by atoms with van der Waals surface area (Å²) in [7, 11) is 14.7. The average molecular weight is 247 g/mol. The molecular formula is CH2Cl5Fe. The molecule has 0 unspecified atom stereocenters. The van der Waals surface area contributed by atoms with Gasteiger partial charge in [-0.2, -0.15) is 0 Å². The molecule has 0 spiro atoms. The second kappa shape index (κ2) is 10.9. The summed E-state index contributed by atoms with van der Waals surface area (Å²) in [4.78, 5) is 0. The Labute approximate surface area is 69.6 Å². The van der Waals surface area contributed by atoms with E-state index in [1.165, 1.54) is 0 Å². The molecule has 0 heterocycles. The van der Waals surface area contributed by atoms with Crippen LogP contribution in [0.1, 0.15) is 0 Å². The fourth-order valence-electron chi connectivity index (χ4n) is 0. The van der Waals surface area contributed by atoms with Gasteiger partial charge in [0, 0.05) is 0 Å². The maximum absolute atomic E-state index is 4.89. The Morgan fingerprint density at radius 3 is 1.00 bits per heavy atom.